The summed E-state index contributed by atoms with van der Waals surface area (Å²) >= 11 is 0. The summed E-state index contributed by atoms with van der Waals surface area (Å²) in [7, 11) is 0. The number of alkyl halides is 4. The van der Waals surface area contributed by atoms with Crippen LogP contribution in [0.25, 0.3) is 0 Å². The van der Waals surface area contributed by atoms with E-state index in [9.17, 15) is 22.0 Å². The fraction of sp³-hybridized carbons (Fsp3) is 0.429. The highest BCUT2D eigenvalue weighted by Crippen LogP contribution is 2.56. The topological polar surface area (TPSA) is 9.23 Å². The maximum atomic E-state index is 13.0. The van der Waals surface area contributed by atoms with E-state index in [0.29, 0.717) is 5.56 Å². The Hall–Kier alpha value is -1.59. The van der Waals surface area contributed by atoms with E-state index in [1.165, 1.54) is 0 Å². The van der Waals surface area contributed by atoms with Gasteiger partial charge >= 0.3 is 11.8 Å². The molecule has 0 fully saturated rings. The Morgan fingerprint density at radius 1 is 1.05 bits per heavy atom. The molecule has 1 aliphatic rings. The van der Waals surface area contributed by atoms with Crippen LogP contribution in [0.1, 0.15) is 24.5 Å². The molecule has 0 aliphatic heterocycles. The molecular formula is C14H13F5O. The molecule has 0 aromatic heterocycles. The molecule has 110 valence electrons. The average Bonchev–Trinajstić information content (AvgIpc) is 2.39. The van der Waals surface area contributed by atoms with Crippen molar-refractivity contribution in [1.82, 2.24) is 0 Å². The summed E-state index contributed by atoms with van der Waals surface area (Å²) in [6, 6.07) is 6.89. The van der Waals surface area contributed by atoms with Gasteiger partial charge in [0.1, 0.15) is 6.61 Å². The van der Waals surface area contributed by atoms with Gasteiger partial charge in [-0.2, -0.15) is 17.6 Å². The summed E-state index contributed by atoms with van der Waals surface area (Å²) < 4.78 is 68.5. The third-order valence-corrected chi connectivity index (χ3v) is 3.07. The number of hydrogen-bond donors (Lipinski definition) is 0. The Kier molecular flexibility index (Phi) is 3.75. The van der Waals surface area contributed by atoms with E-state index in [-0.39, 0.29) is 6.61 Å². The van der Waals surface area contributed by atoms with Gasteiger partial charge in [0.25, 0.3) is 0 Å². The second-order valence-corrected chi connectivity index (χ2v) is 4.65. The van der Waals surface area contributed by atoms with Gasteiger partial charge in [0.15, 0.2) is 0 Å². The molecule has 0 saturated carbocycles. The normalized spacial score (nSPS) is 19.7. The summed E-state index contributed by atoms with van der Waals surface area (Å²) in [4.78, 5) is 0. The van der Waals surface area contributed by atoms with Gasteiger partial charge in [-0.1, -0.05) is 37.6 Å². The van der Waals surface area contributed by atoms with Gasteiger partial charge in [0.05, 0.1) is 0 Å². The molecule has 0 atom stereocenters. The monoisotopic (exact) mass is 292 g/mol. The lowest BCUT2D eigenvalue weighted by molar-refractivity contribution is -0.233. The van der Waals surface area contributed by atoms with Gasteiger partial charge in [-0.3, -0.25) is 0 Å². The molecule has 1 aromatic carbocycles. The number of hydrogen-bond acceptors (Lipinski definition) is 1. The Balaban J connectivity index is 2.07. The fourth-order valence-corrected chi connectivity index (χ4v) is 1.97. The predicted molar refractivity (Wildman–Crippen MR) is 63.3 cm³/mol. The Morgan fingerprint density at radius 2 is 1.70 bits per heavy atom. The molecule has 1 nitrogen and oxygen atoms in total. The Morgan fingerprint density at radius 3 is 2.30 bits per heavy atom. The van der Waals surface area contributed by atoms with Crippen LogP contribution in [0.4, 0.5) is 22.0 Å². The standard InChI is InChI=1S/C14H13F5O/c1-2-4-9-5-3-6-10(7-9)8-20-12-11(15)13(16,17)14(12,18)19/h3,5-7H,2,4,8H2,1H3. The van der Waals surface area contributed by atoms with Crippen molar-refractivity contribution in [1.29, 1.82) is 0 Å². The molecule has 6 heteroatoms. The van der Waals surface area contributed by atoms with E-state index in [0.717, 1.165) is 18.4 Å². The second kappa shape index (κ2) is 5.07. The third-order valence-electron chi connectivity index (χ3n) is 3.07. The zero-order chi connectivity index (χ0) is 15.0. The molecule has 0 amide bonds. The molecule has 0 N–H and O–H groups in total. The summed E-state index contributed by atoms with van der Waals surface area (Å²) in [5.41, 5.74) is 1.51. The van der Waals surface area contributed by atoms with Gasteiger partial charge in [-0.05, 0) is 17.5 Å². The van der Waals surface area contributed by atoms with Gasteiger partial charge in [-0.15, -0.1) is 0 Å². The van der Waals surface area contributed by atoms with Crippen molar-refractivity contribution in [2.24, 2.45) is 0 Å². The summed E-state index contributed by atoms with van der Waals surface area (Å²) in [6.07, 6.45) is 1.72. The van der Waals surface area contributed by atoms with Crippen LogP contribution in [0.2, 0.25) is 0 Å². The minimum Gasteiger partial charge on any atom is -0.484 e. The first-order chi connectivity index (χ1) is 9.30. The zero-order valence-corrected chi connectivity index (χ0v) is 10.7. The lowest BCUT2D eigenvalue weighted by atomic mass is 9.96. The van der Waals surface area contributed by atoms with Gasteiger partial charge in [0, 0.05) is 0 Å². The van der Waals surface area contributed by atoms with Crippen LogP contribution in [-0.2, 0) is 17.8 Å². The zero-order valence-electron chi connectivity index (χ0n) is 10.7. The number of benzene rings is 1. The minimum absolute atomic E-state index is 0.369. The highest BCUT2D eigenvalue weighted by Gasteiger charge is 2.74. The van der Waals surface area contributed by atoms with Gasteiger partial charge < -0.3 is 4.74 Å². The van der Waals surface area contributed by atoms with Crippen LogP contribution >= 0.6 is 0 Å². The maximum Gasteiger partial charge on any atom is 0.375 e. The van der Waals surface area contributed by atoms with E-state index in [2.05, 4.69) is 4.74 Å². The molecular weight excluding hydrogens is 279 g/mol. The van der Waals surface area contributed by atoms with E-state index in [1.807, 2.05) is 13.0 Å². The van der Waals surface area contributed by atoms with Crippen molar-refractivity contribution in [3.05, 3.63) is 47.0 Å². The molecule has 0 radical (unpaired) electrons. The highest BCUT2D eigenvalue weighted by molar-refractivity contribution is 5.35. The summed E-state index contributed by atoms with van der Waals surface area (Å²) in [5.74, 6) is -13.1. The highest BCUT2D eigenvalue weighted by atomic mass is 19.3. The molecule has 0 saturated heterocycles. The third kappa shape index (κ3) is 2.27. The van der Waals surface area contributed by atoms with Crippen LogP contribution in [-0.4, -0.2) is 11.8 Å². The van der Waals surface area contributed by atoms with Crippen LogP contribution < -0.4 is 0 Å². The Bertz CT molecular complexity index is 536. The number of halogens is 5. The van der Waals surface area contributed by atoms with E-state index in [4.69, 9.17) is 0 Å². The summed E-state index contributed by atoms with van der Waals surface area (Å²) in [6.45, 7) is 1.62. The predicted octanol–water partition coefficient (Wildman–Crippen LogP) is 4.62. The first-order valence-electron chi connectivity index (χ1n) is 6.17. The van der Waals surface area contributed by atoms with Gasteiger partial charge in [-0.25, -0.2) is 4.39 Å². The second-order valence-electron chi connectivity index (χ2n) is 4.65. The lowest BCUT2D eigenvalue weighted by Crippen LogP contribution is -2.53. The molecule has 2 rings (SSSR count). The van der Waals surface area contributed by atoms with Crippen molar-refractivity contribution >= 4 is 0 Å². The average molecular weight is 292 g/mol. The smallest absolute Gasteiger partial charge is 0.375 e. The summed E-state index contributed by atoms with van der Waals surface area (Å²) in [5, 5.41) is 0. The molecule has 0 spiro atoms. The van der Waals surface area contributed by atoms with Crippen molar-refractivity contribution < 1.29 is 26.7 Å². The van der Waals surface area contributed by atoms with Crippen molar-refractivity contribution in [3.63, 3.8) is 0 Å². The maximum absolute atomic E-state index is 13.0. The number of allylic oxidation sites excluding steroid dienone is 2. The molecule has 1 aromatic rings. The quantitative estimate of drug-likeness (QED) is 0.719. The van der Waals surface area contributed by atoms with Crippen LogP contribution in [0, 0.1) is 0 Å². The largest absolute Gasteiger partial charge is 0.484 e. The molecule has 0 bridgehead atoms. The van der Waals surface area contributed by atoms with E-state index < -0.39 is 23.4 Å². The number of ether oxygens (including phenoxy) is 1. The number of rotatable bonds is 5. The molecule has 0 heterocycles. The van der Waals surface area contributed by atoms with E-state index in [1.54, 1.807) is 18.2 Å². The van der Waals surface area contributed by atoms with Crippen molar-refractivity contribution in [3.8, 4) is 0 Å². The molecule has 20 heavy (non-hydrogen) atoms. The Labute approximate surface area is 113 Å². The SMILES string of the molecule is CCCc1cccc(COC2=C(F)C(F)(F)C2(F)F)c1. The van der Waals surface area contributed by atoms with Crippen molar-refractivity contribution in [2.45, 2.75) is 38.2 Å². The number of aryl methyl sites for hydroxylation is 1. The van der Waals surface area contributed by atoms with Crippen LogP contribution in [0.5, 0.6) is 0 Å². The minimum atomic E-state index is -4.76. The van der Waals surface area contributed by atoms with Crippen LogP contribution in [0.15, 0.2) is 35.9 Å². The van der Waals surface area contributed by atoms with E-state index >= 15 is 0 Å². The molecule has 0 unspecified atom stereocenters. The van der Waals surface area contributed by atoms with Gasteiger partial charge in [0.2, 0.25) is 11.6 Å². The fourth-order valence-electron chi connectivity index (χ4n) is 1.97. The first kappa shape index (κ1) is 14.8. The molecule has 1 aliphatic carbocycles. The first-order valence-corrected chi connectivity index (χ1v) is 6.17. The van der Waals surface area contributed by atoms with Crippen LogP contribution in [0.3, 0.4) is 0 Å². The van der Waals surface area contributed by atoms with Crippen molar-refractivity contribution in [2.75, 3.05) is 0 Å². The lowest BCUT2D eigenvalue weighted by Gasteiger charge is -2.35.